The molecule has 3 rings (SSSR count). The standard InChI is InChI=1S/C18H21N3O5S/c1-26-15-8-7-14(11-15)19-17-10-9-16(12-18(17)21(22)23)27(24,25)20-13-5-3-2-4-6-13/h2-6,9-10,12,14-15,19-20H,7-8,11H2,1H3. The Hall–Kier alpha value is -2.65. The molecule has 2 aromatic rings. The van der Waals surface area contributed by atoms with Gasteiger partial charge in [0.15, 0.2) is 0 Å². The molecule has 2 atom stereocenters. The van der Waals surface area contributed by atoms with Gasteiger partial charge in [-0.25, -0.2) is 8.42 Å². The number of methoxy groups -OCH3 is 1. The molecule has 0 aromatic heterocycles. The normalized spacial score (nSPS) is 19.6. The first-order valence-corrected chi connectivity index (χ1v) is 10.0. The summed E-state index contributed by atoms with van der Waals surface area (Å²) >= 11 is 0. The number of anilines is 2. The number of nitro groups is 1. The zero-order valence-corrected chi connectivity index (χ0v) is 15.6. The van der Waals surface area contributed by atoms with Gasteiger partial charge in [0.2, 0.25) is 0 Å². The first kappa shape index (κ1) is 19.1. The summed E-state index contributed by atoms with van der Waals surface area (Å²) in [4.78, 5) is 10.7. The Morgan fingerprint density at radius 1 is 1.15 bits per heavy atom. The summed E-state index contributed by atoms with van der Waals surface area (Å²) in [5.41, 5.74) is 0.422. The lowest BCUT2D eigenvalue weighted by Crippen LogP contribution is -2.18. The van der Waals surface area contributed by atoms with Crippen LogP contribution in [0.15, 0.2) is 53.4 Å². The van der Waals surface area contributed by atoms with Gasteiger partial charge in [-0.1, -0.05) is 18.2 Å². The van der Waals surface area contributed by atoms with Gasteiger partial charge in [-0.15, -0.1) is 0 Å². The molecule has 2 N–H and O–H groups in total. The molecule has 9 heteroatoms. The molecule has 2 unspecified atom stereocenters. The maximum absolute atomic E-state index is 12.5. The summed E-state index contributed by atoms with van der Waals surface area (Å²) in [5.74, 6) is 0. The molecule has 8 nitrogen and oxygen atoms in total. The molecule has 144 valence electrons. The molecule has 0 aliphatic heterocycles. The third-order valence-corrected chi connectivity index (χ3v) is 5.96. The minimum atomic E-state index is -3.93. The van der Waals surface area contributed by atoms with E-state index in [-0.39, 0.29) is 22.7 Å². The molecule has 1 aliphatic carbocycles. The highest BCUT2D eigenvalue weighted by Crippen LogP contribution is 2.32. The molecule has 1 saturated carbocycles. The van der Waals surface area contributed by atoms with Crippen LogP contribution in [0.25, 0.3) is 0 Å². The lowest BCUT2D eigenvalue weighted by molar-refractivity contribution is -0.384. The van der Waals surface area contributed by atoms with Crippen molar-refractivity contribution in [2.75, 3.05) is 17.1 Å². The maximum atomic E-state index is 12.5. The average molecular weight is 391 g/mol. The lowest BCUT2D eigenvalue weighted by atomic mass is 10.2. The molecule has 1 fully saturated rings. The van der Waals surface area contributed by atoms with E-state index in [0.717, 1.165) is 25.3 Å². The van der Waals surface area contributed by atoms with Crippen LogP contribution in [0.5, 0.6) is 0 Å². The average Bonchev–Trinajstić information content (AvgIpc) is 3.10. The van der Waals surface area contributed by atoms with Gasteiger partial charge >= 0.3 is 0 Å². The Kier molecular flexibility index (Phi) is 5.62. The monoisotopic (exact) mass is 391 g/mol. The topological polar surface area (TPSA) is 111 Å². The Labute approximate surface area is 157 Å². The van der Waals surface area contributed by atoms with Crippen molar-refractivity contribution in [3.05, 3.63) is 58.6 Å². The van der Waals surface area contributed by atoms with E-state index in [0.29, 0.717) is 11.4 Å². The quantitative estimate of drug-likeness (QED) is 0.553. The molecular formula is C18H21N3O5S. The zero-order valence-electron chi connectivity index (χ0n) is 14.8. The molecule has 0 heterocycles. The van der Waals surface area contributed by atoms with Gasteiger partial charge in [0.1, 0.15) is 5.69 Å². The van der Waals surface area contributed by atoms with E-state index in [1.54, 1.807) is 37.4 Å². The van der Waals surface area contributed by atoms with Crippen molar-refractivity contribution < 1.29 is 18.1 Å². The van der Waals surface area contributed by atoms with Crippen LogP contribution < -0.4 is 10.0 Å². The van der Waals surface area contributed by atoms with E-state index >= 15 is 0 Å². The van der Waals surface area contributed by atoms with Crippen molar-refractivity contribution in [1.29, 1.82) is 0 Å². The molecule has 0 saturated heterocycles. The van der Waals surface area contributed by atoms with Crippen LogP contribution in [-0.4, -0.2) is 32.6 Å². The summed E-state index contributed by atoms with van der Waals surface area (Å²) in [5, 5.41) is 14.6. The van der Waals surface area contributed by atoms with Gasteiger partial charge < -0.3 is 10.1 Å². The maximum Gasteiger partial charge on any atom is 0.293 e. The predicted octanol–water partition coefficient (Wildman–Crippen LogP) is 3.38. The summed E-state index contributed by atoms with van der Waals surface area (Å²) < 4.78 is 32.8. The van der Waals surface area contributed by atoms with Gasteiger partial charge in [0, 0.05) is 24.9 Å². The SMILES string of the molecule is COC1CCC(Nc2ccc(S(=O)(=O)Nc3ccccc3)cc2[N+](=O)[O-])C1. The van der Waals surface area contributed by atoms with Crippen molar-refractivity contribution in [3.63, 3.8) is 0 Å². The number of nitrogens with zero attached hydrogens (tertiary/aromatic N) is 1. The third kappa shape index (κ3) is 4.55. The molecule has 0 bridgehead atoms. The van der Waals surface area contributed by atoms with Gasteiger partial charge in [0.25, 0.3) is 15.7 Å². The van der Waals surface area contributed by atoms with Crippen molar-refractivity contribution in [2.24, 2.45) is 0 Å². The Balaban J connectivity index is 1.84. The first-order chi connectivity index (χ1) is 12.9. The smallest absolute Gasteiger partial charge is 0.293 e. The summed E-state index contributed by atoms with van der Waals surface area (Å²) in [6.07, 6.45) is 2.61. The largest absolute Gasteiger partial charge is 0.381 e. The minimum Gasteiger partial charge on any atom is -0.381 e. The molecule has 0 spiro atoms. The number of sulfonamides is 1. The predicted molar refractivity (Wildman–Crippen MR) is 102 cm³/mol. The Morgan fingerprint density at radius 2 is 1.89 bits per heavy atom. The number of benzene rings is 2. The number of nitro benzene ring substituents is 1. The van der Waals surface area contributed by atoms with E-state index in [1.807, 2.05) is 0 Å². The molecule has 27 heavy (non-hydrogen) atoms. The second kappa shape index (κ2) is 7.93. The van der Waals surface area contributed by atoms with Crippen molar-refractivity contribution in [3.8, 4) is 0 Å². The van der Waals surface area contributed by atoms with Crippen molar-refractivity contribution >= 4 is 27.1 Å². The van der Waals surface area contributed by atoms with Crippen molar-refractivity contribution in [2.45, 2.75) is 36.3 Å². The van der Waals surface area contributed by atoms with E-state index < -0.39 is 14.9 Å². The highest BCUT2D eigenvalue weighted by atomic mass is 32.2. The van der Waals surface area contributed by atoms with Crippen LogP contribution >= 0.6 is 0 Å². The number of hydrogen-bond donors (Lipinski definition) is 2. The summed E-state index contributed by atoms with van der Waals surface area (Å²) in [6, 6.07) is 12.3. The Bertz CT molecular complexity index is 918. The fourth-order valence-electron chi connectivity index (χ4n) is 3.18. The summed E-state index contributed by atoms with van der Waals surface area (Å²) in [7, 11) is -2.28. The lowest BCUT2D eigenvalue weighted by Gasteiger charge is -2.15. The molecule has 2 aromatic carbocycles. The Morgan fingerprint density at radius 3 is 2.52 bits per heavy atom. The van der Waals surface area contributed by atoms with Crippen LogP contribution in [0.4, 0.5) is 17.1 Å². The zero-order chi connectivity index (χ0) is 19.4. The van der Waals surface area contributed by atoms with Crippen LogP contribution in [0.3, 0.4) is 0 Å². The highest BCUT2D eigenvalue weighted by Gasteiger charge is 2.27. The molecule has 0 amide bonds. The van der Waals surface area contributed by atoms with E-state index in [1.165, 1.54) is 12.1 Å². The van der Waals surface area contributed by atoms with E-state index in [4.69, 9.17) is 4.74 Å². The molecule has 0 radical (unpaired) electrons. The fourth-order valence-corrected chi connectivity index (χ4v) is 4.26. The fraction of sp³-hybridized carbons (Fsp3) is 0.333. The second-order valence-electron chi connectivity index (χ2n) is 6.42. The van der Waals surface area contributed by atoms with Gasteiger partial charge in [-0.2, -0.15) is 0 Å². The highest BCUT2D eigenvalue weighted by molar-refractivity contribution is 7.92. The van der Waals surface area contributed by atoms with Crippen LogP contribution in [-0.2, 0) is 14.8 Å². The van der Waals surface area contributed by atoms with E-state index in [2.05, 4.69) is 10.0 Å². The van der Waals surface area contributed by atoms with Crippen LogP contribution in [0, 0.1) is 10.1 Å². The molecular weight excluding hydrogens is 370 g/mol. The number of hydrogen-bond acceptors (Lipinski definition) is 6. The third-order valence-electron chi connectivity index (χ3n) is 4.58. The van der Waals surface area contributed by atoms with Gasteiger partial charge in [0.05, 0.1) is 15.9 Å². The number of nitrogens with one attached hydrogen (secondary N) is 2. The van der Waals surface area contributed by atoms with Crippen LogP contribution in [0.2, 0.25) is 0 Å². The minimum absolute atomic E-state index is 0.0542. The van der Waals surface area contributed by atoms with Gasteiger partial charge in [-0.05, 0) is 43.5 Å². The van der Waals surface area contributed by atoms with E-state index in [9.17, 15) is 18.5 Å². The van der Waals surface area contributed by atoms with Crippen molar-refractivity contribution in [1.82, 2.24) is 0 Å². The number of rotatable bonds is 7. The number of ether oxygens (including phenoxy) is 1. The number of para-hydroxylation sites is 1. The molecule has 1 aliphatic rings. The first-order valence-electron chi connectivity index (χ1n) is 8.54. The van der Waals surface area contributed by atoms with Gasteiger partial charge in [-0.3, -0.25) is 14.8 Å². The second-order valence-corrected chi connectivity index (χ2v) is 8.10. The van der Waals surface area contributed by atoms with Crippen LogP contribution in [0.1, 0.15) is 19.3 Å². The summed E-state index contributed by atoms with van der Waals surface area (Å²) in [6.45, 7) is 0.